The summed E-state index contributed by atoms with van der Waals surface area (Å²) in [6.07, 6.45) is 13.9. The van der Waals surface area contributed by atoms with Gasteiger partial charge in [-0.3, -0.25) is 43.5 Å². The molecule has 0 unspecified atom stereocenters. The van der Waals surface area contributed by atoms with Gasteiger partial charge in [0.2, 0.25) is 0 Å². The molecule has 6 bridgehead atoms. The molecule has 69 heavy (non-hydrogen) atoms. The summed E-state index contributed by atoms with van der Waals surface area (Å²) in [7, 11) is 0. The van der Waals surface area contributed by atoms with Gasteiger partial charge in [-0.1, -0.05) is 0 Å². The van der Waals surface area contributed by atoms with Gasteiger partial charge < -0.3 is 15.0 Å². The Bertz CT molecular complexity index is 3060. The highest BCUT2D eigenvalue weighted by Gasteiger charge is 2.58. The predicted octanol–water partition coefficient (Wildman–Crippen LogP) is 6.31. The van der Waals surface area contributed by atoms with E-state index in [2.05, 4.69) is 29.9 Å². The smallest absolute Gasteiger partial charge is 0.261 e. The molecular weight excluding hydrogens is 871 g/mol. The molecule has 336 valence electrons. The van der Waals surface area contributed by atoms with Crippen molar-refractivity contribution < 1.29 is 28.8 Å². The second kappa shape index (κ2) is 12.9. The van der Waals surface area contributed by atoms with Crippen LogP contribution in [0.15, 0.2) is 74.0 Å². The number of hydrogen-bond acceptors (Lipinski definition) is 9. The number of rotatable bonds is 9. The van der Waals surface area contributed by atoms with Gasteiger partial charge in [-0.25, -0.2) is 15.0 Å². The number of aromatic amines is 3. The summed E-state index contributed by atoms with van der Waals surface area (Å²) in [5.74, 6) is -1.59. The molecule has 15 nitrogen and oxygen atoms in total. The zero-order chi connectivity index (χ0) is 45.9. The lowest BCUT2D eigenvalue weighted by molar-refractivity contribution is 0.0640. The number of imide groups is 3. The Morgan fingerprint density at radius 3 is 0.768 bits per heavy atom. The van der Waals surface area contributed by atoms with E-state index < -0.39 is 0 Å². The highest BCUT2D eigenvalue weighted by Crippen LogP contribution is 2.72. The molecule has 0 radical (unpaired) electrons. The normalized spacial score (nSPS) is 23.9. The van der Waals surface area contributed by atoms with Crippen LogP contribution in [0.25, 0.3) is 0 Å². The molecule has 4 aromatic carbocycles. The molecular formula is C54H39N9O6. The van der Waals surface area contributed by atoms with Crippen LogP contribution in [0.2, 0.25) is 0 Å². The highest BCUT2D eigenvalue weighted by atomic mass is 16.2. The molecule has 15 heteroatoms. The van der Waals surface area contributed by atoms with E-state index in [9.17, 15) is 28.8 Å². The number of nitrogens with zero attached hydrogens (tertiary/aromatic N) is 6. The van der Waals surface area contributed by atoms with Gasteiger partial charge in [-0.05, 0) is 122 Å². The minimum Gasteiger partial charge on any atom is -0.348 e. The summed E-state index contributed by atoms with van der Waals surface area (Å²) in [6.45, 7) is 0.744. The molecule has 0 saturated carbocycles. The number of benzene rings is 4. The highest BCUT2D eigenvalue weighted by molar-refractivity contribution is 6.23. The fraction of sp³-hybridized carbons (Fsp3) is 0.278. The first-order valence-electron chi connectivity index (χ1n) is 24.0. The standard InChI is InChI=1S/C54H39N9O6/c64-49-37-7-25-26(8-38(37)50(65)61(49)4-1-22-16-55-19-58-22)32-13-31(25)43-44(32)46-34-15-36(30-12-42-40(10-28(30)34)52(67)63(54(42)69)6-3-24-18-57-21-60-24)48(46)47-35-14-33(45(43)47)27-9-39-41(11-29(27)35)53(68)62(51(39)66)5-2-23-17-56-20-59-23/h7-12,16-21,31-36H,1-6,13-15H2,(H,55,58)(H,56,59)(H,57,60)/t31-,32+,33+,34-,35-,36+. The minimum absolute atomic E-state index is 0.00551. The molecule has 16 rings (SSSR count). The number of H-pyrrole nitrogens is 3. The zero-order valence-corrected chi connectivity index (χ0v) is 36.9. The molecule has 6 aliphatic carbocycles. The first-order chi connectivity index (χ1) is 33.7. The molecule has 3 aliphatic heterocycles. The third kappa shape index (κ3) is 4.65. The van der Waals surface area contributed by atoms with Crippen molar-refractivity contribution >= 4 is 35.4 Å². The largest absolute Gasteiger partial charge is 0.348 e. The number of nitrogens with one attached hydrogen (secondary N) is 3. The van der Waals surface area contributed by atoms with Crippen LogP contribution in [0.1, 0.15) is 201 Å². The van der Waals surface area contributed by atoms with Gasteiger partial charge in [-0.2, -0.15) is 0 Å². The topological polar surface area (TPSA) is 198 Å². The zero-order valence-electron chi connectivity index (χ0n) is 36.9. The van der Waals surface area contributed by atoms with Gasteiger partial charge in [0.25, 0.3) is 35.4 Å². The van der Waals surface area contributed by atoms with Crippen molar-refractivity contribution in [2.75, 3.05) is 19.6 Å². The monoisotopic (exact) mass is 909 g/mol. The summed E-state index contributed by atoms with van der Waals surface area (Å²) < 4.78 is 0. The van der Waals surface area contributed by atoms with Crippen LogP contribution < -0.4 is 0 Å². The van der Waals surface area contributed by atoms with E-state index in [0.29, 0.717) is 52.6 Å². The molecule has 9 aliphatic rings. The van der Waals surface area contributed by atoms with Crippen molar-refractivity contribution in [2.45, 2.75) is 74.0 Å². The Morgan fingerprint density at radius 1 is 0.362 bits per heavy atom. The van der Waals surface area contributed by atoms with Gasteiger partial charge in [-0.15, -0.1) is 0 Å². The molecule has 6 heterocycles. The number of hydrogen-bond donors (Lipinski definition) is 3. The number of imidazole rings is 3. The Morgan fingerprint density at radius 2 is 0.580 bits per heavy atom. The maximum absolute atomic E-state index is 14.1. The van der Waals surface area contributed by atoms with Gasteiger partial charge in [0.05, 0.1) is 52.4 Å². The Kier molecular flexibility index (Phi) is 7.11. The van der Waals surface area contributed by atoms with Crippen LogP contribution in [0.4, 0.5) is 0 Å². The van der Waals surface area contributed by atoms with Crippen molar-refractivity contribution in [2.24, 2.45) is 0 Å². The number of amides is 6. The Balaban J connectivity index is 0.828. The van der Waals surface area contributed by atoms with E-state index in [1.54, 1.807) is 37.6 Å². The van der Waals surface area contributed by atoms with Crippen molar-refractivity contribution in [1.29, 1.82) is 0 Å². The van der Waals surface area contributed by atoms with Gasteiger partial charge >= 0.3 is 0 Å². The fourth-order valence-corrected chi connectivity index (χ4v) is 14.7. The summed E-state index contributed by atoms with van der Waals surface area (Å²) in [6, 6.07) is 12.1. The average Bonchev–Trinajstić information content (AvgIpc) is 4.20. The van der Waals surface area contributed by atoms with E-state index >= 15 is 0 Å². The van der Waals surface area contributed by atoms with E-state index in [4.69, 9.17) is 0 Å². The van der Waals surface area contributed by atoms with Gasteiger partial charge in [0.15, 0.2) is 0 Å². The molecule has 7 aromatic rings. The number of fused-ring (bicyclic) bond motifs is 30. The maximum atomic E-state index is 14.1. The molecule has 3 aromatic heterocycles. The Hall–Kier alpha value is -8.07. The average molecular weight is 910 g/mol. The van der Waals surface area contributed by atoms with Crippen molar-refractivity contribution in [1.82, 2.24) is 44.6 Å². The van der Waals surface area contributed by atoms with E-state index in [1.165, 1.54) is 48.1 Å². The van der Waals surface area contributed by atoms with Gasteiger partial charge in [0, 0.05) is 110 Å². The summed E-state index contributed by atoms with van der Waals surface area (Å²) in [4.78, 5) is 110. The van der Waals surface area contributed by atoms with E-state index in [-0.39, 0.29) is 90.6 Å². The lowest BCUT2D eigenvalue weighted by atomic mass is 9.68. The second-order valence-electron chi connectivity index (χ2n) is 20.4. The third-order valence-electron chi connectivity index (χ3n) is 17.5. The predicted molar refractivity (Wildman–Crippen MR) is 244 cm³/mol. The quantitative estimate of drug-likeness (QED) is 0.139. The summed E-state index contributed by atoms with van der Waals surface area (Å²) >= 11 is 0. The summed E-state index contributed by atoms with van der Waals surface area (Å²) in [5.41, 5.74) is 19.9. The van der Waals surface area contributed by atoms with Crippen molar-refractivity contribution in [3.8, 4) is 0 Å². The maximum Gasteiger partial charge on any atom is 0.261 e. The van der Waals surface area contributed by atoms with Crippen LogP contribution >= 0.6 is 0 Å². The van der Waals surface area contributed by atoms with Gasteiger partial charge in [0.1, 0.15) is 0 Å². The molecule has 6 atom stereocenters. The van der Waals surface area contributed by atoms with Crippen LogP contribution in [0.5, 0.6) is 0 Å². The first kappa shape index (κ1) is 38.0. The minimum atomic E-state index is -0.270. The molecule has 0 spiro atoms. The number of carbonyl (C=O) groups excluding carboxylic acids is 6. The third-order valence-corrected chi connectivity index (χ3v) is 17.5. The Labute approximate surface area is 392 Å². The number of carbonyl (C=O) groups is 6. The molecule has 6 amide bonds. The number of aromatic nitrogens is 6. The lowest BCUT2D eigenvalue weighted by Gasteiger charge is -2.35. The van der Waals surface area contributed by atoms with Crippen LogP contribution in [-0.2, 0) is 19.3 Å². The molecule has 0 fully saturated rings. The van der Waals surface area contributed by atoms with Crippen LogP contribution in [0, 0.1) is 0 Å². The second-order valence-corrected chi connectivity index (χ2v) is 20.4. The molecule has 0 saturated heterocycles. The summed E-state index contributed by atoms with van der Waals surface area (Å²) in [5, 5.41) is 0. The SMILES string of the molecule is O=C1c2cc3c(cc2C(=O)N1CCc1cnc[nH]1)[C@@H]1C[C@H]3c2c1c1c(c3c2[C@H]2C[C@@H]3c3cc4c(cc32)C(=O)N(CCc2cnc[nH]2)C4=O)[C@H]2C[C@@H]1c1cc3c(cc12)C(=O)N(CCc1cnc[nH]1)C3=O. The van der Waals surface area contributed by atoms with Crippen LogP contribution in [0.3, 0.4) is 0 Å². The van der Waals surface area contributed by atoms with Crippen molar-refractivity contribution in [3.05, 3.63) is 191 Å². The fourth-order valence-electron chi connectivity index (χ4n) is 14.7. The molecule has 3 N–H and O–H groups in total. The lowest BCUT2D eigenvalue weighted by Crippen LogP contribution is -2.31. The van der Waals surface area contributed by atoms with E-state index in [1.807, 2.05) is 36.4 Å². The first-order valence-corrected chi connectivity index (χ1v) is 24.0. The van der Waals surface area contributed by atoms with Crippen molar-refractivity contribution in [3.63, 3.8) is 0 Å². The van der Waals surface area contributed by atoms with E-state index in [0.717, 1.165) is 69.7 Å². The van der Waals surface area contributed by atoms with Crippen LogP contribution in [-0.4, -0.2) is 99.7 Å².